The number of ether oxygens (including phenoxy) is 1. The Bertz CT molecular complexity index is 1050. The van der Waals surface area contributed by atoms with Gasteiger partial charge in [-0.15, -0.1) is 0 Å². The molecule has 3 rings (SSSR count). The Hall–Kier alpha value is -2.42. The summed E-state index contributed by atoms with van der Waals surface area (Å²) in [5.41, 5.74) is 1.58. The topological polar surface area (TPSA) is 92.8 Å². The number of anilines is 1. The molecule has 1 heterocycles. The Kier molecular flexibility index (Phi) is 6.80. The minimum Gasteiger partial charge on any atom is -0.465 e. The van der Waals surface area contributed by atoms with Crippen molar-refractivity contribution in [1.29, 1.82) is 0 Å². The van der Waals surface area contributed by atoms with Crippen molar-refractivity contribution in [3.8, 4) is 0 Å². The monoisotopic (exact) mass is 450 g/mol. The zero-order valence-electron chi connectivity index (χ0n) is 16.7. The van der Waals surface area contributed by atoms with Crippen molar-refractivity contribution in [3.05, 3.63) is 58.6 Å². The van der Waals surface area contributed by atoms with Gasteiger partial charge in [0.2, 0.25) is 15.9 Å². The third-order valence-electron chi connectivity index (χ3n) is 5.12. The maximum Gasteiger partial charge on any atom is 0.339 e. The first-order valence-corrected chi connectivity index (χ1v) is 11.3. The van der Waals surface area contributed by atoms with Gasteiger partial charge < -0.3 is 10.1 Å². The molecule has 2 aromatic carbocycles. The van der Waals surface area contributed by atoms with Gasteiger partial charge in [-0.3, -0.25) is 4.79 Å². The molecule has 0 aliphatic carbocycles. The molecule has 1 saturated heterocycles. The summed E-state index contributed by atoms with van der Waals surface area (Å²) in [5, 5.41) is 3.01. The molecule has 1 aliphatic rings. The number of hydrogen-bond donors (Lipinski definition) is 1. The van der Waals surface area contributed by atoms with Gasteiger partial charge in [-0.1, -0.05) is 29.3 Å². The van der Waals surface area contributed by atoms with Gasteiger partial charge in [-0.25, -0.2) is 13.2 Å². The number of rotatable bonds is 5. The summed E-state index contributed by atoms with van der Waals surface area (Å²) in [5.74, 6) is -1.14. The number of amides is 1. The molecule has 2 aromatic rings. The van der Waals surface area contributed by atoms with Crippen LogP contribution in [0.1, 0.15) is 28.8 Å². The molecular weight excluding hydrogens is 428 g/mol. The first-order chi connectivity index (χ1) is 14.2. The average Bonchev–Trinajstić information content (AvgIpc) is 2.75. The van der Waals surface area contributed by atoms with Gasteiger partial charge in [-0.2, -0.15) is 4.31 Å². The maximum atomic E-state index is 12.8. The Labute approximate surface area is 181 Å². The highest BCUT2D eigenvalue weighted by atomic mass is 35.5. The van der Waals surface area contributed by atoms with Gasteiger partial charge in [-0.05, 0) is 50.1 Å². The minimum atomic E-state index is -3.57. The molecule has 1 fully saturated rings. The Morgan fingerprint density at radius 2 is 1.73 bits per heavy atom. The molecule has 0 spiro atoms. The van der Waals surface area contributed by atoms with Crippen LogP contribution in [0.15, 0.2) is 47.4 Å². The number of esters is 1. The van der Waals surface area contributed by atoms with Crippen molar-refractivity contribution in [3.63, 3.8) is 0 Å². The third kappa shape index (κ3) is 4.83. The molecule has 0 unspecified atom stereocenters. The van der Waals surface area contributed by atoms with Crippen LogP contribution in [0.2, 0.25) is 5.02 Å². The highest BCUT2D eigenvalue weighted by molar-refractivity contribution is 7.89. The summed E-state index contributed by atoms with van der Waals surface area (Å²) in [6, 6.07) is 11.3. The number of sulfonamides is 1. The molecule has 30 heavy (non-hydrogen) atoms. The lowest BCUT2D eigenvalue weighted by Gasteiger charge is -2.30. The summed E-state index contributed by atoms with van der Waals surface area (Å²) in [4.78, 5) is 24.7. The molecule has 1 N–H and O–H groups in total. The second kappa shape index (κ2) is 9.16. The molecule has 1 amide bonds. The quantitative estimate of drug-likeness (QED) is 0.704. The zero-order chi connectivity index (χ0) is 21.9. The van der Waals surface area contributed by atoms with E-state index in [1.54, 1.807) is 30.3 Å². The largest absolute Gasteiger partial charge is 0.465 e. The fourth-order valence-corrected chi connectivity index (χ4v) is 5.00. The number of nitrogens with zero attached hydrogens (tertiary/aromatic N) is 1. The van der Waals surface area contributed by atoms with Gasteiger partial charge in [0.15, 0.2) is 0 Å². The van der Waals surface area contributed by atoms with Crippen LogP contribution in [0.5, 0.6) is 0 Å². The fourth-order valence-electron chi connectivity index (χ4n) is 3.33. The summed E-state index contributed by atoms with van der Waals surface area (Å²) >= 11 is 6.00. The standard InChI is InChI=1S/C21H23ClN2O5S/c1-14-3-6-17(7-4-14)30(27,28)24-11-9-15(10-12-24)20(25)23-16-5-8-19(22)18(13-16)21(26)29-2/h3-8,13,15H,9-12H2,1-2H3,(H,23,25). The average molecular weight is 451 g/mol. The second-order valence-electron chi connectivity index (χ2n) is 7.17. The SMILES string of the molecule is COC(=O)c1cc(NC(=O)C2CCN(S(=O)(=O)c3ccc(C)cc3)CC2)ccc1Cl. The van der Waals surface area contributed by atoms with Gasteiger partial charge in [0, 0.05) is 24.7 Å². The highest BCUT2D eigenvalue weighted by Gasteiger charge is 2.32. The number of carbonyl (C=O) groups excluding carboxylic acids is 2. The van der Waals surface area contributed by atoms with Gasteiger partial charge in [0.25, 0.3) is 0 Å². The molecule has 0 bridgehead atoms. The summed E-state index contributed by atoms with van der Waals surface area (Å²) < 4.78 is 31.7. The van der Waals surface area contributed by atoms with E-state index in [4.69, 9.17) is 11.6 Å². The molecule has 1 aliphatic heterocycles. The van der Waals surface area contributed by atoms with Crippen LogP contribution in [-0.4, -0.2) is 44.8 Å². The number of hydrogen-bond acceptors (Lipinski definition) is 5. The fraction of sp³-hybridized carbons (Fsp3) is 0.333. The van der Waals surface area contributed by atoms with Crippen LogP contribution < -0.4 is 5.32 Å². The van der Waals surface area contributed by atoms with Crippen molar-refractivity contribution >= 4 is 39.2 Å². The maximum absolute atomic E-state index is 12.8. The van der Waals surface area contributed by atoms with E-state index in [9.17, 15) is 18.0 Å². The number of carbonyl (C=O) groups is 2. The number of methoxy groups -OCH3 is 1. The van der Waals surface area contributed by atoms with Gasteiger partial charge in [0.1, 0.15) is 0 Å². The zero-order valence-corrected chi connectivity index (χ0v) is 18.3. The van der Waals surface area contributed by atoms with Crippen molar-refractivity contribution < 1.29 is 22.7 Å². The molecule has 9 heteroatoms. The van der Waals surface area contributed by atoms with E-state index < -0.39 is 16.0 Å². The Morgan fingerprint density at radius 1 is 1.10 bits per heavy atom. The minimum absolute atomic E-state index is 0.163. The first kappa shape index (κ1) is 22.3. The Morgan fingerprint density at radius 3 is 2.33 bits per heavy atom. The third-order valence-corrected chi connectivity index (χ3v) is 7.37. The Balaban J connectivity index is 1.63. The van der Waals surface area contributed by atoms with Gasteiger partial charge >= 0.3 is 5.97 Å². The van der Waals surface area contributed by atoms with Crippen molar-refractivity contribution in [2.75, 3.05) is 25.5 Å². The predicted molar refractivity (Wildman–Crippen MR) is 114 cm³/mol. The lowest BCUT2D eigenvalue weighted by atomic mass is 9.97. The smallest absolute Gasteiger partial charge is 0.339 e. The summed E-state index contributed by atoms with van der Waals surface area (Å²) in [6.45, 7) is 2.43. The lowest BCUT2D eigenvalue weighted by Crippen LogP contribution is -2.41. The molecule has 0 radical (unpaired) electrons. The normalized spacial score (nSPS) is 15.6. The van der Waals surface area contributed by atoms with E-state index in [-0.39, 0.29) is 40.4 Å². The van der Waals surface area contributed by atoms with Gasteiger partial charge in [0.05, 0.1) is 22.6 Å². The van der Waals surface area contributed by atoms with Crippen LogP contribution in [0.4, 0.5) is 5.69 Å². The highest BCUT2D eigenvalue weighted by Crippen LogP contribution is 2.26. The summed E-state index contributed by atoms with van der Waals surface area (Å²) in [6.07, 6.45) is 0.822. The lowest BCUT2D eigenvalue weighted by molar-refractivity contribution is -0.120. The van der Waals surface area contributed by atoms with Crippen molar-refractivity contribution in [2.45, 2.75) is 24.7 Å². The van der Waals surface area contributed by atoms with Crippen LogP contribution >= 0.6 is 11.6 Å². The van der Waals surface area contributed by atoms with Crippen molar-refractivity contribution in [2.24, 2.45) is 5.92 Å². The summed E-state index contributed by atoms with van der Waals surface area (Å²) in [7, 11) is -2.32. The van der Waals surface area contributed by atoms with Crippen LogP contribution in [-0.2, 0) is 19.6 Å². The number of nitrogens with one attached hydrogen (secondary N) is 1. The van der Waals surface area contributed by atoms with E-state index in [0.717, 1.165) is 5.56 Å². The predicted octanol–water partition coefficient (Wildman–Crippen LogP) is 3.47. The van der Waals surface area contributed by atoms with Crippen LogP contribution in [0.3, 0.4) is 0 Å². The van der Waals surface area contributed by atoms with E-state index in [1.165, 1.54) is 23.5 Å². The number of piperidine rings is 1. The van der Waals surface area contributed by atoms with E-state index in [2.05, 4.69) is 10.1 Å². The van der Waals surface area contributed by atoms with E-state index >= 15 is 0 Å². The molecule has 0 atom stereocenters. The molecule has 7 nitrogen and oxygen atoms in total. The van der Waals surface area contributed by atoms with Crippen LogP contribution in [0.25, 0.3) is 0 Å². The van der Waals surface area contributed by atoms with Crippen molar-refractivity contribution in [1.82, 2.24) is 4.31 Å². The first-order valence-electron chi connectivity index (χ1n) is 9.48. The molecule has 160 valence electrons. The second-order valence-corrected chi connectivity index (χ2v) is 9.51. The molecular formula is C21H23ClN2O5S. The van der Waals surface area contributed by atoms with E-state index in [1.807, 2.05) is 6.92 Å². The molecule has 0 aromatic heterocycles. The number of halogens is 1. The number of aryl methyl sites for hydroxylation is 1. The van der Waals surface area contributed by atoms with Crippen LogP contribution in [0, 0.1) is 12.8 Å². The molecule has 0 saturated carbocycles. The van der Waals surface area contributed by atoms with E-state index in [0.29, 0.717) is 18.5 Å². The number of benzene rings is 2.